The smallest absolute Gasteiger partial charge is 0.125 e. The first-order valence-electron chi connectivity index (χ1n) is 5.93. The van der Waals surface area contributed by atoms with Crippen LogP contribution in [0, 0.1) is 5.82 Å². The molecule has 2 rings (SSSR count). The van der Waals surface area contributed by atoms with E-state index in [2.05, 4.69) is 24.1 Å². The fraction of sp³-hybridized carbons (Fsp3) is 0.462. The van der Waals surface area contributed by atoms with E-state index in [9.17, 15) is 4.39 Å². The van der Waals surface area contributed by atoms with Crippen LogP contribution in [0.25, 0.3) is 10.2 Å². The van der Waals surface area contributed by atoms with Crippen LogP contribution in [0.3, 0.4) is 0 Å². The van der Waals surface area contributed by atoms with E-state index in [1.54, 1.807) is 17.4 Å². The number of fused-ring (bicyclic) bond motifs is 1. The standard InChI is InChI=1S/C13H17FN2S/c1-9(2)15-7-3-4-13-16-11-8-10(14)5-6-12(11)17-13/h5-6,8-9,15H,3-4,7H2,1-2H3. The molecule has 0 bridgehead atoms. The minimum absolute atomic E-state index is 0.212. The van der Waals surface area contributed by atoms with Crippen LogP contribution < -0.4 is 5.32 Å². The second kappa shape index (κ2) is 5.56. The Morgan fingerprint density at radius 2 is 2.24 bits per heavy atom. The second-order valence-corrected chi connectivity index (χ2v) is 5.55. The third-order valence-corrected chi connectivity index (χ3v) is 3.61. The molecule has 0 spiro atoms. The predicted molar refractivity (Wildman–Crippen MR) is 71.0 cm³/mol. The summed E-state index contributed by atoms with van der Waals surface area (Å²) < 4.78 is 14.1. The summed E-state index contributed by atoms with van der Waals surface area (Å²) in [7, 11) is 0. The molecule has 0 aliphatic rings. The van der Waals surface area contributed by atoms with Gasteiger partial charge in [-0.15, -0.1) is 11.3 Å². The van der Waals surface area contributed by atoms with Crippen molar-refractivity contribution < 1.29 is 4.39 Å². The van der Waals surface area contributed by atoms with Gasteiger partial charge in [-0.3, -0.25) is 0 Å². The highest BCUT2D eigenvalue weighted by Crippen LogP contribution is 2.23. The summed E-state index contributed by atoms with van der Waals surface area (Å²) in [6.07, 6.45) is 2.03. The van der Waals surface area contributed by atoms with Crippen LogP contribution in [-0.4, -0.2) is 17.6 Å². The molecular formula is C13H17FN2S. The third kappa shape index (κ3) is 3.48. The van der Waals surface area contributed by atoms with Crippen LogP contribution >= 0.6 is 11.3 Å². The first-order chi connectivity index (χ1) is 8.15. The van der Waals surface area contributed by atoms with Gasteiger partial charge in [0.1, 0.15) is 5.82 Å². The zero-order valence-corrected chi connectivity index (χ0v) is 11.0. The van der Waals surface area contributed by atoms with Crippen molar-refractivity contribution in [3.05, 3.63) is 29.0 Å². The van der Waals surface area contributed by atoms with E-state index in [-0.39, 0.29) is 5.82 Å². The second-order valence-electron chi connectivity index (χ2n) is 4.43. The lowest BCUT2D eigenvalue weighted by molar-refractivity contribution is 0.570. The number of rotatable bonds is 5. The Balaban J connectivity index is 1.95. The highest BCUT2D eigenvalue weighted by atomic mass is 32.1. The van der Waals surface area contributed by atoms with Gasteiger partial charge in [-0.05, 0) is 25.1 Å². The van der Waals surface area contributed by atoms with Crippen LogP contribution in [0.1, 0.15) is 25.3 Å². The zero-order valence-electron chi connectivity index (χ0n) is 10.2. The molecule has 0 unspecified atom stereocenters. The molecule has 17 heavy (non-hydrogen) atoms. The molecule has 1 aromatic carbocycles. The topological polar surface area (TPSA) is 24.9 Å². The lowest BCUT2D eigenvalue weighted by Crippen LogP contribution is -2.23. The van der Waals surface area contributed by atoms with Crippen LogP contribution in [0.5, 0.6) is 0 Å². The quantitative estimate of drug-likeness (QED) is 0.825. The summed E-state index contributed by atoms with van der Waals surface area (Å²) in [5, 5.41) is 4.47. The van der Waals surface area contributed by atoms with Gasteiger partial charge in [-0.25, -0.2) is 9.37 Å². The van der Waals surface area contributed by atoms with Crippen LogP contribution in [0.2, 0.25) is 0 Å². The van der Waals surface area contributed by atoms with E-state index < -0.39 is 0 Å². The van der Waals surface area contributed by atoms with Crippen LogP contribution in [0.15, 0.2) is 18.2 Å². The van der Waals surface area contributed by atoms with Gasteiger partial charge in [0.05, 0.1) is 15.2 Å². The normalized spacial score (nSPS) is 11.5. The van der Waals surface area contributed by atoms with Crippen molar-refractivity contribution in [2.75, 3.05) is 6.54 Å². The lowest BCUT2D eigenvalue weighted by atomic mass is 10.3. The summed E-state index contributed by atoms with van der Waals surface area (Å²) in [6, 6.07) is 5.32. The third-order valence-electron chi connectivity index (χ3n) is 2.51. The van der Waals surface area contributed by atoms with Gasteiger partial charge in [-0.2, -0.15) is 0 Å². The summed E-state index contributed by atoms with van der Waals surface area (Å²) >= 11 is 1.66. The van der Waals surface area contributed by atoms with E-state index >= 15 is 0 Å². The Hall–Kier alpha value is -1.00. The van der Waals surface area contributed by atoms with Gasteiger partial charge < -0.3 is 5.32 Å². The van der Waals surface area contributed by atoms with Crippen molar-refractivity contribution in [2.45, 2.75) is 32.7 Å². The van der Waals surface area contributed by atoms with Gasteiger partial charge in [0.2, 0.25) is 0 Å². The summed E-state index contributed by atoms with van der Waals surface area (Å²) in [4.78, 5) is 4.44. The highest BCUT2D eigenvalue weighted by molar-refractivity contribution is 7.18. The highest BCUT2D eigenvalue weighted by Gasteiger charge is 2.04. The minimum atomic E-state index is -0.212. The maximum absolute atomic E-state index is 13.0. The van der Waals surface area contributed by atoms with Gasteiger partial charge >= 0.3 is 0 Å². The largest absolute Gasteiger partial charge is 0.315 e. The van der Waals surface area contributed by atoms with E-state index in [0.717, 1.165) is 34.6 Å². The number of thiazole rings is 1. The molecule has 92 valence electrons. The van der Waals surface area contributed by atoms with Gasteiger partial charge in [0.15, 0.2) is 0 Å². The maximum Gasteiger partial charge on any atom is 0.125 e. The predicted octanol–water partition coefficient (Wildman–Crippen LogP) is 3.37. The fourth-order valence-electron chi connectivity index (χ4n) is 1.69. The number of nitrogens with zero attached hydrogens (tertiary/aromatic N) is 1. The number of aryl methyl sites for hydroxylation is 1. The number of halogens is 1. The number of nitrogens with one attached hydrogen (secondary N) is 1. The van der Waals surface area contributed by atoms with E-state index in [0.29, 0.717) is 6.04 Å². The molecule has 0 fully saturated rings. The summed E-state index contributed by atoms with van der Waals surface area (Å²) in [5.41, 5.74) is 0.779. The van der Waals surface area contributed by atoms with Crippen molar-refractivity contribution in [2.24, 2.45) is 0 Å². The van der Waals surface area contributed by atoms with E-state index in [1.807, 2.05) is 0 Å². The SMILES string of the molecule is CC(C)NCCCc1nc2cc(F)ccc2s1. The van der Waals surface area contributed by atoms with Gasteiger partial charge in [-0.1, -0.05) is 13.8 Å². The number of benzene rings is 1. The summed E-state index contributed by atoms with van der Waals surface area (Å²) in [5.74, 6) is -0.212. The van der Waals surface area contributed by atoms with Crippen molar-refractivity contribution in [1.82, 2.24) is 10.3 Å². The van der Waals surface area contributed by atoms with Crippen LogP contribution in [0.4, 0.5) is 4.39 Å². The lowest BCUT2D eigenvalue weighted by Gasteiger charge is -2.05. The number of hydrogen-bond acceptors (Lipinski definition) is 3. The molecule has 4 heteroatoms. The average Bonchev–Trinajstić information content (AvgIpc) is 2.66. The minimum Gasteiger partial charge on any atom is -0.315 e. The maximum atomic E-state index is 13.0. The molecule has 2 nitrogen and oxygen atoms in total. The molecular weight excluding hydrogens is 235 g/mol. The Morgan fingerprint density at radius 3 is 3.00 bits per heavy atom. The molecule has 0 radical (unpaired) electrons. The summed E-state index contributed by atoms with van der Waals surface area (Å²) in [6.45, 7) is 5.28. The average molecular weight is 252 g/mol. The van der Waals surface area contributed by atoms with Crippen molar-refractivity contribution in [3.8, 4) is 0 Å². The molecule has 1 aromatic heterocycles. The fourth-order valence-corrected chi connectivity index (χ4v) is 2.68. The zero-order chi connectivity index (χ0) is 12.3. The Morgan fingerprint density at radius 1 is 1.41 bits per heavy atom. The molecule has 1 N–H and O–H groups in total. The molecule has 1 heterocycles. The number of hydrogen-bond donors (Lipinski definition) is 1. The van der Waals surface area contributed by atoms with E-state index in [1.165, 1.54) is 12.1 Å². The van der Waals surface area contributed by atoms with Gasteiger partial charge in [0.25, 0.3) is 0 Å². The van der Waals surface area contributed by atoms with Crippen molar-refractivity contribution in [1.29, 1.82) is 0 Å². The molecule has 0 aliphatic heterocycles. The van der Waals surface area contributed by atoms with Crippen LogP contribution in [-0.2, 0) is 6.42 Å². The first-order valence-corrected chi connectivity index (χ1v) is 6.75. The number of aromatic nitrogens is 1. The Labute approximate surface area is 105 Å². The molecule has 0 saturated heterocycles. The molecule has 0 aliphatic carbocycles. The first kappa shape index (κ1) is 12.5. The molecule has 0 saturated carbocycles. The Bertz CT molecular complexity index is 493. The Kier molecular flexibility index (Phi) is 4.07. The molecule has 2 aromatic rings. The van der Waals surface area contributed by atoms with Crippen molar-refractivity contribution >= 4 is 21.6 Å². The van der Waals surface area contributed by atoms with Crippen molar-refractivity contribution in [3.63, 3.8) is 0 Å². The van der Waals surface area contributed by atoms with Gasteiger partial charge in [0, 0.05) is 18.5 Å². The molecule has 0 amide bonds. The van der Waals surface area contributed by atoms with E-state index in [4.69, 9.17) is 0 Å². The monoisotopic (exact) mass is 252 g/mol. The molecule has 0 atom stereocenters.